The highest BCUT2D eigenvalue weighted by Gasteiger charge is 2.29. The maximum absolute atomic E-state index is 12.1. The minimum Gasteiger partial charge on any atom is -0.408 e. The normalized spacial score (nSPS) is 22.5. The number of aromatic nitrogens is 2. The van der Waals surface area contributed by atoms with Crippen LogP contribution in [0.4, 0.5) is 6.01 Å². The molecule has 0 aromatic carbocycles. The van der Waals surface area contributed by atoms with Gasteiger partial charge in [0.25, 0.3) is 0 Å². The molecule has 1 fully saturated rings. The summed E-state index contributed by atoms with van der Waals surface area (Å²) in [6.45, 7) is 5.61. The summed E-state index contributed by atoms with van der Waals surface area (Å²) >= 11 is 0. The molecule has 1 heterocycles. The van der Waals surface area contributed by atoms with Gasteiger partial charge in [-0.15, -0.1) is 5.10 Å². The van der Waals surface area contributed by atoms with Gasteiger partial charge in [0.1, 0.15) is 0 Å². The molecule has 7 nitrogen and oxygen atoms in total. The summed E-state index contributed by atoms with van der Waals surface area (Å²) in [5.41, 5.74) is 5.88. The molecule has 0 saturated heterocycles. The fourth-order valence-electron chi connectivity index (χ4n) is 3.10. The van der Waals surface area contributed by atoms with Crippen molar-refractivity contribution in [3.8, 4) is 0 Å². The van der Waals surface area contributed by atoms with E-state index in [1.807, 2.05) is 0 Å². The molecule has 3 N–H and O–H groups in total. The zero-order chi connectivity index (χ0) is 15.2. The van der Waals surface area contributed by atoms with Crippen molar-refractivity contribution in [3.05, 3.63) is 5.89 Å². The fraction of sp³-hybridized carbons (Fsp3) is 0.786. The Bertz CT molecular complexity index is 462. The Balaban J connectivity index is 1.92. The Kier molecular flexibility index (Phi) is 5.69. The van der Waals surface area contributed by atoms with Gasteiger partial charge < -0.3 is 10.2 Å². The van der Waals surface area contributed by atoms with E-state index in [-0.39, 0.29) is 11.9 Å². The Morgan fingerprint density at radius 2 is 2.19 bits per heavy atom. The third-order valence-electron chi connectivity index (χ3n) is 4.17. The fourth-order valence-corrected chi connectivity index (χ4v) is 3.10. The van der Waals surface area contributed by atoms with Crippen molar-refractivity contribution >= 4 is 11.9 Å². The van der Waals surface area contributed by atoms with E-state index in [0.29, 0.717) is 30.9 Å². The molecule has 118 valence electrons. The van der Waals surface area contributed by atoms with Gasteiger partial charge in [-0.2, -0.15) is 0 Å². The van der Waals surface area contributed by atoms with Crippen molar-refractivity contribution in [2.75, 3.05) is 25.0 Å². The van der Waals surface area contributed by atoms with Gasteiger partial charge in [0.05, 0.1) is 6.54 Å². The quantitative estimate of drug-likeness (QED) is 0.817. The summed E-state index contributed by atoms with van der Waals surface area (Å²) in [5, 5.41) is 10.1. The highest BCUT2D eigenvalue weighted by atomic mass is 16.4. The number of hydrogen-bond acceptors (Lipinski definition) is 6. The molecule has 0 spiro atoms. The van der Waals surface area contributed by atoms with E-state index in [4.69, 9.17) is 10.2 Å². The van der Waals surface area contributed by atoms with Crippen molar-refractivity contribution in [1.29, 1.82) is 0 Å². The number of nitrogens with zero attached hydrogens (tertiary/aromatic N) is 3. The van der Waals surface area contributed by atoms with E-state index in [9.17, 15) is 4.79 Å². The predicted octanol–water partition coefficient (Wildman–Crippen LogP) is 1.16. The van der Waals surface area contributed by atoms with Crippen molar-refractivity contribution in [1.82, 2.24) is 15.1 Å². The number of hydrogen-bond donors (Lipinski definition) is 2. The second-order valence-electron chi connectivity index (χ2n) is 5.59. The third kappa shape index (κ3) is 4.25. The Hall–Kier alpha value is -1.47. The third-order valence-corrected chi connectivity index (χ3v) is 4.17. The van der Waals surface area contributed by atoms with Crippen molar-refractivity contribution in [3.63, 3.8) is 0 Å². The van der Waals surface area contributed by atoms with E-state index in [1.165, 1.54) is 12.8 Å². The van der Waals surface area contributed by atoms with Gasteiger partial charge in [-0.3, -0.25) is 15.0 Å². The van der Waals surface area contributed by atoms with Crippen LogP contribution in [-0.2, 0) is 4.79 Å². The largest absolute Gasteiger partial charge is 0.408 e. The first kappa shape index (κ1) is 15.9. The maximum Gasteiger partial charge on any atom is 0.322 e. The maximum atomic E-state index is 12.1. The number of likely N-dealkylation sites (N-methyl/N-ethyl adjacent to an activating group) is 1. The topological polar surface area (TPSA) is 97.3 Å². The SMILES string of the molecule is CCN(CC(=O)Nc1nnc(C)o1)C1CCCCC1CN. The summed E-state index contributed by atoms with van der Waals surface area (Å²) in [4.78, 5) is 14.3. The zero-order valence-electron chi connectivity index (χ0n) is 12.8. The van der Waals surface area contributed by atoms with Crippen LogP contribution in [-0.4, -0.2) is 46.7 Å². The van der Waals surface area contributed by atoms with Gasteiger partial charge in [0.15, 0.2) is 0 Å². The lowest BCUT2D eigenvalue weighted by molar-refractivity contribution is -0.118. The van der Waals surface area contributed by atoms with E-state index < -0.39 is 0 Å². The van der Waals surface area contributed by atoms with Gasteiger partial charge in [0, 0.05) is 13.0 Å². The molecular formula is C14H25N5O2. The number of nitrogens with one attached hydrogen (secondary N) is 1. The molecule has 1 aliphatic carbocycles. The van der Waals surface area contributed by atoms with E-state index >= 15 is 0 Å². The molecule has 1 aromatic rings. The average Bonchev–Trinajstić information content (AvgIpc) is 2.89. The van der Waals surface area contributed by atoms with Gasteiger partial charge in [-0.05, 0) is 31.8 Å². The summed E-state index contributed by atoms with van der Waals surface area (Å²) in [5.74, 6) is 0.798. The standard InChI is InChI=1S/C14H25N5O2/c1-3-19(12-7-5-4-6-11(12)8-15)9-13(20)16-14-18-17-10(2)21-14/h11-12H,3-9,15H2,1-2H3,(H,16,18,20). The Morgan fingerprint density at radius 1 is 1.43 bits per heavy atom. The molecule has 2 atom stereocenters. The number of anilines is 1. The number of carbonyl (C=O) groups excluding carboxylic acids is 1. The van der Waals surface area contributed by atoms with Crippen LogP contribution in [0.3, 0.4) is 0 Å². The number of amides is 1. The smallest absolute Gasteiger partial charge is 0.322 e. The first-order valence-electron chi connectivity index (χ1n) is 7.68. The second kappa shape index (κ2) is 7.51. The van der Waals surface area contributed by atoms with E-state index in [1.54, 1.807) is 6.92 Å². The summed E-state index contributed by atoms with van der Waals surface area (Å²) < 4.78 is 5.16. The molecule has 0 radical (unpaired) electrons. The molecule has 7 heteroatoms. The predicted molar refractivity (Wildman–Crippen MR) is 79.7 cm³/mol. The first-order chi connectivity index (χ1) is 10.1. The van der Waals surface area contributed by atoms with E-state index in [0.717, 1.165) is 19.4 Å². The molecule has 2 unspecified atom stereocenters. The van der Waals surface area contributed by atoms with Crippen molar-refractivity contribution in [2.24, 2.45) is 11.7 Å². The van der Waals surface area contributed by atoms with Crippen LogP contribution < -0.4 is 11.1 Å². The lowest BCUT2D eigenvalue weighted by Gasteiger charge is -2.38. The Morgan fingerprint density at radius 3 is 2.81 bits per heavy atom. The van der Waals surface area contributed by atoms with Crippen LogP contribution in [0.25, 0.3) is 0 Å². The molecule has 21 heavy (non-hydrogen) atoms. The van der Waals surface area contributed by atoms with Gasteiger partial charge in [-0.25, -0.2) is 0 Å². The van der Waals surface area contributed by atoms with Crippen LogP contribution >= 0.6 is 0 Å². The van der Waals surface area contributed by atoms with Gasteiger partial charge in [-0.1, -0.05) is 24.9 Å². The number of nitrogens with two attached hydrogens (primary N) is 1. The second-order valence-corrected chi connectivity index (χ2v) is 5.59. The highest BCUT2D eigenvalue weighted by molar-refractivity contribution is 5.90. The van der Waals surface area contributed by atoms with E-state index in [2.05, 4.69) is 27.3 Å². The molecule has 1 saturated carbocycles. The van der Waals surface area contributed by atoms with Crippen LogP contribution in [0.2, 0.25) is 0 Å². The highest BCUT2D eigenvalue weighted by Crippen LogP contribution is 2.27. The molecule has 1 aliphatic rings. The Labute approximate surface area is 125 Å². The molecule has 0 bridgehead atoms. The molecular weight excluding hydrogens is 270 g/mol. The lowest BCUT2D eigenvalue weighted by Crippen LogP contribution is -2.47. The minimum atomic E-state index is -0.123. The minimum absolute atomic E-state index is 0.123. The van der Waals surface area contributed by atoms with Crippen molar-refractivity contribution < 1.29 is 9.21 Å². The summed E-state index contributed by atoms with van der Waals surface area (Å²) in [6, 6.07) is 0.552. The van der Waals surface area contributed by atoms with Gasteiger partial charge in [0.2, 0.25) is 11.8 Å². The van der Waals surface area contributed by atoms with Crippen molar-refractivity contribution in [2.45, 2.75) is 45.6 Å². The lowest BCUT2D eigenvalue weighted by atomic mass is 9.83. The average molecular weight is 295 g/mol. The zero-order valence-corrected chi connectivity index (χ0v) is 12.8. The summed E-state index contributed by atoms with van der Waals surface area (Å²) in [6.07, 6.45) is 4.72. The molecule has 0 aliphatic heterocycles. The summed E-state index contributed by atoms with van der Waals surface area (Å²) in [7, 11) is 0. The van der Waals surface area contributed by atoms with Gasteiger partial charge >= 0.3 is 6.01 Å². The first-order valence-corrected chi connectivity index (χ1v) is 7.68. The van der Waals surface area contributed by atoms with Crippen LogP contribution in [0, 0.1) is 12.8 Å². The molecule has 2 rings (SSSR count). The molecule has 1 amide bonds. The molecule has 1 aromatic heterocycles. The monoisotopic (exact) mass is 295 g/mol. The number of aryl methyl sites for hydroxylation is 1. The number of rotatable bonds is 6. The number of carbonyl (C=O) groups is 1. The van der Waals surface area contributed by atoms with Crippen LogP contribution in [0.15, 0.2) is 4.42 Å². The van der Waals surface area contributed by atoms with Crippen LogP contribution in [0.5, 0.6) is 0 Å². The van der Waals surface area contributed by atoms with Crippen LogP contribution in [0.1, 0.15) is 38.5 Å².